The fraction of sp³-hybridized carbons (Fsp3) is 0.179. The van der Waals surface area contributed by atoms with E-state index in [0.29, 0.717) is 17.2 Å². The van der Waals surface area contributed by atoms with Gasteiger partial charge in [0.05, 0.1) is 5.69 Å². The fourth-order valence-corrected chi connectivity index (χ4v) is 4.42. The molecule has 2 amide bonds. The minimum Gasteiger partial charge on any atom is -0.329 e. The van der Waals surface area contributed by atoms with E-state index in [0.717, 1.165) is 22.4 Å². The van der Waals surface area contributed by atoms with Crippen LogP contribution in [0.4, 0.5) is 5.13 Å². The van der Waals surface area contributed by atoms with Crippen LogP contribution in [-0.2, 0) is 4.79 Å². The predicted octanol–water partition coefficient (Wildman–Crippen LogP) is 6.21. The lowest BCUT2D eigenvalue weighted by atomic mass is 10.0. The van der Waals surface area contributed by atoms with Gasteiger partial charge in [-0.05, 0) is 29.2 Å². The second-order valence-corrected chi connectivity index (χ2v) is 9.33. The summed E-state index contributed by atoms with van der Waals surface area (Å²) in [6, 6.07) is 27.4. The molecular formula is C28H27N3O2S. The molecule has 4 rings (SSSR count). The van der Waals surface area contributed by atoms with E-state index in [9.17, 15) is 9.59 Å². The molecule has 1 heterocycles. The highest BCUT2D eigenvalue weighted by atomic mass is 32.1. The molecule has 0 spiro atoms. The second-order valence-electron chi connectivity index (χ2n) is 8.47. The average Bonchev–Trinajstić information content (AvgIpc) is 3.32. The van der Waals surface area contributed by atoms with Crippen LogP contribution in [-0.4, -0.2) is 34.8 Å². The molecule has 172 valence electrons. The Morgan fingerprint density at radius 3 is 2.06 bits per heavy atom. The number of nitrogens with zero attached hydrogens (tertiary/aromatic N) is 2. The summed E-state index contributed by atoms with van der Waals surface area (Å²) < 4.78 is 0. The van der Waals surface area contributed by atoms with Crippen LogP contribution >= 0.6 is 11.3 Å². The number of carbonyl (C=O) groups excluding carboxylic acids is 2. The zero-order valence-corrected chi connectivity index (χ0v) is 20.1. The Labute approximate surface area is 204 Å². The Kier molecular flexibility index (Phi) is 7.50. The third-order valence-corrected chi connectivity index (χ3v) is 6.02. The molecule has 0 saturated carbocycles. The molecule has 0 aliphatic carbocycles. The van der Waals surface area contributed by atoms with Crippen molar-refractivity contribution in [2.75, 3.05) is 18.4 Å². The largest absolute Gasteiger partial charge is 0.329 e. The maximum Gasteiger partial charge on any atom is 0.254 e. The smallest absolute Gasteiger partial charge is 0.254 e. The third-order valence-electron chi connectivity index (χ3n) is 5.27. The van der Waals surface area contributed by atoms with Crippen LogP contribution in [0.2, 0.25) is 0 Å². The Morgan fingerprint density at radius 2 is 1.44 bits per heavy atom. The number of hydrogen-bond acceptors (Lipinski definition) is 4. The number of anilines is 1. The van der Waals surface area contributed by atoms with Crippen LogP contribution in [0, 0.1) is 5.92 Å². The molecule has 0 aliphatic heterocycles. The van der Waals surface area contributed by atoms with E-state index in [1.165, 1.54) is 11.3 Å². The van der Waals surface area contributed by atoms with Crippen LogP contribution in [0.15, 0.2) is 90.3 Å². The van der Waals surface area contributed by atoms with Crippen molar-refractivity contribution in [3.8, 4) is 22.4 Å². The number of amides is 2. The topological polar surface area (TPSA) is 62.3 Å². The summed E-state index contributed by atoms with van der Waals surface area (Å²) in [6.07, 6.45) is 0. The van der Waals surface area contributed by atoms with Crippen molar-refractivity contribution in [3.63, 3.8) is 0 Å². The number of thiazole rings is 1. The normalized spacial score (nSPS) is 10.8. The van der Waals surface area contributed by atoms with Crippen molar-refractivity contribution in [3.05, 3.63) is 95.9 Å². The summed E-state index contributed by atoms with van der Waals surface area (Å²) >= 11 is 1.37. The number of benzene rings is 3. The minimum absolute atomic E-state index is 0.0301. The van der Waals surface area contributed by atoms with Gasteiger partial charge in [0.2, 0.25) is 5.91 Å². The number of rotatable bonds is 8. The SMILES string of the molecule is CC(C)CN(CC(=O)Nc1nc(-c2ccccc2)cs1)C(=O)c1ccc(-c2ccccc2)cc1. The first kappa shape index (κ1) is 23.4. The van der Waals surface area contributed by atoms with Crippen LogP contribution in [0.25, 0.3) is 22.4 Å². The summed E-state index contributed by atoms with van der Waals surface area (Å²) in [7, 11) is 0. The van der Waals surface area contributed by atoms with Gasteiger partial charge in [0.1, 0.15) is 6.54 Å². The maximum atomic E-state index is 13.2. The van der Waals surface area contributed by atoms with E-state index < -0.39 is 0 Å². The van der Waals surface area contributed by atoms with Gasteiger partial charge in [-0.2, -0.15) is 0 Å². The molecule has 3 aromatic carbocycles. The van der Waals surface area contributed by atoms with E-state index in [2.05, 4.69) is 10.3 Å². The maximum absolute atomic E-state index is 13.2. The molecule has 0 bridgehead atoms. The third kappa shape index (κ3) is 5.97. The molecule has 1 aromatic heterocycles. The van der Waals surface area contributed by atoms with Crippen molar-refractivity contribution >= 4 is 28.3 Å². The number of aromatic nitrogens is 1. The summed E-state index contributed by atoms with van der Waals surface area (Å²) in [5.74, 6) is -0.193. The molecule has 0 atom stereocenters. The Bertz CT molecular complexity index is 1240. The van der Waals surface area contributed by atoms with Gasteiger partial charge in [-0.1, -0.05) is 86.6 Å². The van der Waals surface area contributed by atoms with Crippen molar-refractivity contribution < 1.29 is 9.59 Å². The summed E-state index contributed by atoms with van der Waals surface area (Å²) in [5.41, 5.74) is 4.51. The first-order valence-corrected chi connectivity index (χ1v) is 12.1. The monoisotopic (exact) mass is 469 g/mol. The van der Waals surface area contributed by atoms with E-state index >= 15 is 0 Å². The lowest BCUT2D eigenvalue weighted by Gasteiger charge is -2.24. The summed E-state index contributed by atoms with van der Waals surface area (Å²) in [6.45, 7) is 4.52. The Morgan fingerprint density at radius 1 is 0.853 bits per heavy atom. The Hall–Kier alpha value is -3.77. The van der Waals surface area contributed by atoms with Gasteiger partial charge in [0.15, 0.2) is 5.13 Å². The van der Waals surface area contributed by atoms with E-state index in [-0.39, 0.29) is 24.3 Å². The first-order chi connectivity index (χ1) is 16.5. The zero-order valence-electron chi connectivity index (χ0n) is 19.3. The average molecular weight is 470 g/mol. The van der Waals surface area contributed by atoms with Crippen LogP contribution in [0.5, 0.6) is 0 Å². The van der Waals surface area contributed by atoms with Crippen molar-refractivity contribution in [1.29, 1.82) is 0 Å². The van der Waals surface area contributed by atoms with Gasteiger partial charge in [-0.25, -0.2) is 4.98 Å². The van der Waals surface area contributed by atoms with Crippen LogP contribution in [0.3, 0.4) is 0 Å². The minimum atomic E-state index is -0.260. The summed E-state index contributed by atoms with van der Waals surface area (Å²) in [5, 5.41) is 5.28. The highest BCUT2D eigenvalue weighted by Gasteiger charge is 2.21. The molecule has 0 unspecified atom stereocenters. The second kappa shape index (κ2) is 10.9. The van der Waals surface area contributed by atoms with Gasteiger partial charge in [0.25, 0.3) is 5.91 Å². The molecule has 0 radical (unpaired) electrons. The van der Waals surface area contributed by atoms with E-state index in [1.807, 2.05) is 104 Å². The molecular weight excluding hydrogens is 442 g/mol. The van der Waals surface area contributed by atoms with Crippen molar-refractivity contribution in [2.45, 2.75) is 13.8 Å². The Balaban J connectivity index is 1.44. The first-order valence-electron chi connectivity index (χ1n) is 11.2. The molecule has 1 N–H and O–H groups in total. The number of nitrogens with one attached hydrogen (secondary N) is 1. The number of carbonyl (C=O) groups is 2. The van der Waals surface area contributed by atoms with Gasteiger partial charge in [-0.3, -0.25) is 9.59 Å². The molecule has 6 heteroatoms. The highest BCUT2D eigenvalue weighted by Crippen LogP contribution is 2.25. The van der Waals surface area contributed by atoms with E-state index in [4.69, 9.17) is 0 Å². The van der Waals surface area contributed by atoms with Gasteiger partial charge >= 0.3 is 0 Å². The zero-order chi connectivity index (χ0) is 23.9. The lowest BCUT2D eigenvalue weighted by Crippen LogP contribution is -2.40. The van der Waals surface area contributed by atoms with Gasteiger partial charge in [-0.15, -0.1) is 11.3 Å². The fourth-order valence-electron chi connectivity index (χ4n) is 3.68. The molecule has 0 aliphatic rings. The predicted molar refractivity (Wildman–Crippen MR) is 139 cm³/mol. The quantitative estimate of drug-likeness (QED) is 0.333. The molecule has 0 saturated heterocycles. The molecule has 5 nitrogen and oxygen atoms in total. The van der Waals surface area contributed by atoms with Crippen LogP contribution in [0.1, 0.15) is 24.2 Å². The van der Waals surface area contributed by atoms with Crippen molar-refractivity contribution in [1.82, 2.24) is 9.88 Å². The van der Waals surface area contributed by atoms with Gasteiger partial charge < -0.3 is 10.2 Å². The van der Waals surface area contributed by atoms with Crippen molar-refractivity contribution in [2.24, 2.45) is 5.92 Å². The standard InChI is InChI=1S/C28H27N3O2S/c1-20(2)17-31(27(33)24-15-13-22(14-16-24)21-9-5-3-6-10-21)18-26(32)30-28-29-25(19-34-28)23-11-7-4-8-12-23/h3-16,19-20H,17-18H2,1-2H3,(H,29,30,32). The molecule has 4 aromatic rings. The molecule has 0 fully saturated rings. The highest BCUT2D eigenvalue weighted by molar-refractivity contribution is 7.14. The number of hydrogen-bond donors (Lipinski definition) is 1. The van der Waals surface area contributed by atoms with E-state index in [1.54, 1.807) is 4.90 Å². The molecule has 34 heavy (non-hydrogen) atoms. The lowest BCUT2D eigenvalue weighted by molar-refractivity contribution is -0.117. The van der Waals surface area contributed by atoms with Gasteiger partial charge in [0, 0.05) is 23.1 Å². The summed E-state index contributed by atoms with van der Waals surface area (Å²) in [4.78, 5) is 32.1. The van der Waals surface area contributed by atoms with Crippen LogP contribution < -0.4 is 5.32 Å².